The highest BCUT2D eigenvalue weighted by Gasteiger charge is 2.26. The number of ether oxygens (including phenoxy) is 1. The van der Waals surface area contributed by atoms with Crippen LogP contribution < -0.4 is 10.2 Å². The van der Waals surface area contributed by atoms with E-state index in [2.05, 4.69) is 5.32 Å². The van der Waals surface area contributed by atoms with Gasteiger partial charge in [-0.2, -0.15) is 0 Å². The van der Waals surface area contributed by atoms with E-state index in [-0.39, 0.29) is 24.4 Å². The standard InChI is InChI=1S/C21H20F2N2O4/c1-29-21(28)15-4-2-6-18-14(15)5-3-11-25(18)19(26)9-10-24-20(27)16-8-7-13(22)12-17(16)23/h2,4,6-8,12H,3,5,9-11H2,1H3,(H,24,27). The SMILES string of the molecule is COC(=O)c1cccc2c1CCCN2C(=O)CCNC(=O)c1ccc(F)cc1F. The smallest absolute Gasteiger partial charge is 0.338 e. The Morgan fingerprint density at radius 3 is 2.66 bits per heavy atom. The summed E-state index contributed by atoms with van der Waals surface area (Å²) in [5.74, 6) is -3.14. The van der Waals surface area contributed by atoms with E-state index in [4.69, 9.17) is 4.74 Å². The van der Waals surface area contributed by atoms with Crippen LogP contribution in [0.25, 0.3) is 0 Å². The number of carbonyl (C=O) groups excluding carboxylic acids is 3. The number of rotatable bonds is 5. The van der Waals surface area contributed by atoms with Gasteiger partial charge in [0, 0.05) is 31.3 Å². The summed E-state index contributed by atoms with van der Waals surface area (Å²) >= 11 is 0. The van der Waals surface area contributed by atoms with Crippen molar-refractivity contribution in [2.24, 2.45) is 0 Å². The maximum atomic E-state index is 13.7. The zero-order chi connectivity index (χ0) is 21.0. The molecule has 0 bridgehead atoms. The summed E-state index contributed by atoms with van der Waals surface area (Å²) in [6.07, 6.45) is 1.35. The van der Waals surface area contributed by atoms with E-state index < -0.39 is 23.5 Å². The molecule has 8 heteroatoms. The normalized spacial score (nSPS) is 12.9. The molecule has 0 radical (unpaired) electrons. The largest absolute Gasteiger partial charge is 0.465 e. The van der Waals surface area contributed by atoms with Crippen molar-refractivity contribution in [2.45, 2.75) is 19.3 Å². The number of halogens is 2. The van der Waals surface area contributed by atoms with E-state index in [1.807, 2.05) is 0 Å². The van der Waals surface area contributed by atoms with Crippen molar-refractivity contribution in [2.75, 3.05) is 25.1 Å². The third-order valence-corrected chi connectivity index (χ3v) is 4.76. The van der Waals surface area contributed by atoms with Gasteiger partial charge in [-0.3, -0.25) is 9.59 Å². The molecule has 1 aliphatic rings. The van der Waals surface area contributed by atoms with E-state index in [0.29, 0.717) is 36.7 Å². The Bertz CT molecular complexity index is 962. The maximum Gasteiger partial charge on any atom is 0.338 e. The molecular formula is C21H20F2N2O4. The average Bonchev–Trinajstić information content (AvgIpc) is 2.72. The number of esters is 1. The molecule has 6 nitrogen and oxygen atoms in total. The summed E-state index contributed by atoms with van der Waals surface area (Å²) in [5.41, 5.74) is 1.56. The number of anilines is 1. The van der Waals surface area contributed by atoms with Crippen LogP contribution in [0.1, 0.15) is 39.1 Å². The molecule has 3 rings (SSSR count). The van der Waals surface area contributed by atoms with Crippen molar-refractivity contribution in [3.63, 3.8) is 0 Å². The third-order valence-electron chi connectivity index (χ3n) is 4.76. The number of fused-ring (bicyclic) bond motifs is 1. The van der Waals surface area contributed by atoms with Crippen molar-refractivity contribution in [3.8, 4) is 0 Å². The predicted molar refractivity (Wildman–Crippen MR) is 102 cm³/mol. The Kier molecular flexibility index (Phi) is 6.21. The van der Waals surface area contributed by atoms with Crippen LogP contribution in [-0.2, 0) is 16.0 Å². The highest BCUT2D eigenvalue weighted by molar-refractivity contribution is 5.99. The van der Waals surface area contributed by atoms with Crippen molar-refractivity contribution in [1.29, 1.82) is 0 Å². The number of carbonyl (C=O) groups is 3. The highest BCUT2D eigenvalue weighted by atomic mass is 19.1. The second-order valence-corrected chi connectivity index (χ2v) is 6.57. The highest BCUT2D eigenvalue weighted by Crippen LogP contribution is 2.30. The van der Waals surface area contributed by atoms with Gasteiger partial charge >= 0.3 is 5.97 Å². The summed E-state index contributed by atoms with van der Waals surface area (Å²) < 4.78 is 31.4. The third kappa shape index (κ3) is 4.42. The molecule has 0 saturated heterocycles. The first-order chi connectivity index (χ1) is 13.9. The molecule has 0 aromatic heterocycles. The van der Waals surface area contributed by atoms with E-state index in [1.165, 1.54) is 7.11 Å². The van der Waals surface area contributed by atoms with Gasteiger partial charge in [0.15, 0.2) is 0 Å². The second-order valence-electron chi connectivity index (χ2n) is 6.57. The van der Waals surface area contributed by atoms with E-state index >= 15 is 0 Å². The van der Waals surface area contributed by atoms with Crippen molar-refractivity contribution < 1.29 is 27.9 Å². The predicted octanol–water partition coefficient (Wildman–Crippen LogP) is 2.85. The fourth-order valence-electron chi connectivity index (χ4n) is 3.37. The van der Waals surface area contributed by atoms with E-state index in [0.717, 1.165) is 17.7 Å². The fraction of sp³-hybridized carbons (Fsp3) is 0.286. The Morgan fingerprint density at radius 1 is 1.14 bits per heavy atom. The minimum atomic E-state index is -0.964. The summed E-state index contributed by atoms with van der Waals surface area (Å²) in [6, 6.07) is 7.80. The lowest BCUT2D eigenvalue weighted by Gasteiger charge is -2.30. The van der Waals surface area contributed by atoms with Gasteiger partial charge in [0.1, 0.15) is 11.6 Å². The average molecular weight is 402 g/mol. The summed E-state index contributed by atoms with van der Waals surface area (Å²) in [4.78, 5) is 38.3. The topological polar surface area (TPSA) is 75.7 Å². The molecule has 0 saturated carbocycles. The molecule has 0 atom stereocenters. The fourth-order valence-corrected chi connectivity index (χ4v) is 3.37. The summed E-state index contributed by atoms with van der Waals surface area (Å²) in [7, 11) is 1.31. The second kappa shape index (κ2) is 8.81. The summed E-state index contributed by atoms with van der Waals surface area (Å²) in [5, 5.41) is 2.47. The van der Waals surface area contributed by atoms with Gasteiger partial charge in [-0.05, 0) is 42.7 Å². The lowest BCUT2D eigenvalue weighted by atomic mass is 9.96. The van der Waals surface area contributed by atoms with Crippen LogP contribution in [0, 0.1) is 11.6 Å². The minimum absolute atomic E-state index is 0.00297. The number of nitrogens with zero attached hydrogens (tertiary/aromatic N) is 1. The lowest BCUT2D eigenvalue weighted by molar-refractivity contribution is -0.118. The molecule has 0 fully saturated rings. The van der Waals surface area contributed by atoms with Gasteiger partial charge in [-0.15, -0.1) is 0 Å². The molecule has 152 valence electrons. The molecule has 29 heavy (non-hydrogen) atoms. The Morgan fingerprint density at radius 2 is 1.93 bits per heavy atom. The zero-order valence-electron chi connectivity index (χ0n) is 15.8. The van der Waals surface area contributed by atoms with Gasteiger partial charge < -0.3 is 15.0 Å². The maximum absolute atomic E-state index is 13.7. The molecule has 2 amide bonds. The van der Waals surface area contributed by atoms with Crippen LogP contribution in [0.4, 0.5) is 14.5 Å². The van der Waals surface area contributed by atoms with Crippen LogP contribution in [0.15, 0.2) is 36.4 Å². The summed E-state index contributed by atoms with van der Waals surface area (Å²) in [6.45, 7) is 0.494. The zero-order valence-corrected chi connectivity index (χ0v) is 15.8. The Balaban J connectivity index is 1.65. The first-order valence-electron chi connectivity index (χ1n) is 9.16. The van der Waals surface area contributed by atoms with Crippen molar-refractivity contribution in [3.05, 3.63) is 64.7 Å². The molecule has 0 spiro atoms. The van der Waals surface area contributed by atoms with Crippen LogP contribution >= 0.6 is 0 Å². The molecule has 2 aromatic rings. The molecule has 1 heterocycles. The number of hydrogen-bond acceptors (Lipinski definition) is 4. The Hall–Kier alpha value is -3.29. The number of methoxy groups -OCH3 is 1. The van der Waals surface area contributed by atoms with Crippen LogP contribution in [0.3, 0.4) is 0 Å². The molecule has 1 aliphatic heterocycles. The van der Waals surface area contributed by atoms with Gasteiger partial charge in [0.25, 0.3) is 5.91 Å². The first-order valence-corrected chi connectivity index (χ1v) is 9.16. The minimum Gasteiger partial charge on any atom is -0.465 e. The van der Waals surface area contributed by atoms with Crippen molar-refractivity contribution in [1.82, 2.24) is 5.32 Å². The Labute approximate surface area is 166 Å². The van der Waals surface area contributed by atoms with E-state index in [9.17, 15) is 23.2 Å². The monoisotopic (exact) mass is 402 g/mol. The van der Waals surface area contributed by atoms with E-state index in [1.54, 1.807) is 23.1 Å². The van der Waals surface area contributed by atoms with Crippen molar-refractivity contribution >= 4 is 23.5 Å². The lowest BCUT2D eigenvalue weighted by Crippen LogP contribution is -2.38. The van der Waals surface area contributed by atoms with Crippen LogP contribution in [-0.4, -0.2) is 38.0 Å². The van der Waals surface area contributed by atoms with Gasteiger partial charge in [0.2, 0.25) is 5.91 Å². The van der Waals surface area contributed by atoms with Gasteiger partial charge in [0.05, 0.1) is 18.2 Å². The molecule has 0 aliphatic carbocycles. The quantitative estimate of drug-likeness (QED) is 0.781. The molecule has 2 aromatic carbocycles. The number of amides is 2. The number of benzene rings is 2. The van der Waals surface area contributed by atoms with Gasteiger partial charge in [-0.1, -0.05) is 6.07 Å². The molecular weight excluding hydrogens is 382 g/mol. The number of hydrogen-bond donors (Lipinski definition) is 1. The molecule has 1 N–H and O–H groups in total. The number of nitrogens with one attached hydrogen (secondary N) is 1. The van der Waals surface area contributed by atoms with Gasteiger partial charge in [-0.25, -0.2) is 13.6 Å². The van der Waals surface area contributed by atoms with Crippen LogP contribution in [0.2, 0.25) is 0 Å². The van der Waals surface area contributed by atoms with Crippen LogP contribution in [0.5, 0.6) is 0 Å². The molecule has 0 unspecified atom stereocenters. The first kappa shape index (κ1) is 20.4.